The highest BCUT2D eigenvalue weighted by molar-refractivity contribution is 7.80. The van der Waals surface area contributed by atoms with Crippen molar-refractivity contribution in [1.29, 1.82) is 0 Å². The molecule has 2 nitrogen and oxygen atoms in total. The second kappa shape index (κ2) is 6.68. The van der Waals surface area contributed by atoms with Crippen LogP contribution in [0.4, 0.5) is 10.1 Å². The van der Waals surface area contributed by atoms with Crippen molar-refractivity contribution in [2.45, 2.75) is 26.8 Å². The summed E-state index contributed by atoms with van der Waals surface area (Å²) in [5.74, 6) is -0.261. The van der Waals surface area contributed by atoms with Crippen molar-refractivity contribution in [1.82, 2.24) is 5.32 Å². The molecule has 0 radical (unpaired) electrons. The lowest BCUT2D eigenvalue weighted by Gasteiger charge is -2.19. The third kappa shape index (κ3) is 4.26. The van der Waals surface area contributed by atoms with Crippen molar-refractivity contribution in [2.24, 2.45) is 0 Å². The average molecular weight is 302 g/mol. The standard InChI is InChI=1S/C17H19FN2S/c1-11-4-9-16(12(2)10-11)13(3)19-17(21)20-15-7-5-14(18)6-8-15/h4-10,13H,1-3H3,(H2,19,20,21). The molecule has 0 saturated heterocycles. The van der Waals surface area contributed by atoms with Gasteiger partial charge in [-0.25, -0.2) is 4.39 Å². The first-order valence-electron chi connectivity index (χ1n) is 6.86. The van der Waals surface area contributed by atoms with Gasteiger partial charge in [0.05, 0.1) is 6.04 Å². The minimum absolute atomic E-state index is 0.103. The van der Waals surface area contributed by atoms with Crippen LogP contribution in [-0.4, -0.2) is 5.11 Å². The smallest absolute Gasteiger partial charge is 0.171 e. The fraction of sp³-hybridized carbons (Fsp3) is 0.235. The molecule has 2 aromatic carbocycles. The quantitative estimate of drug-likeness (QED) is 0.817. The molecule has 2 N–H and O–H groups in total. The third-order valence-corrected chi connectivity index (χ3v) is 3.56. The average Bonchev–Trinajstić information content (AvgIpc) is 2.41. The lowest BCUT2D eigenvalue weighted by atomic mass is 10.0. The van der Waals surface area contributed by atoms with Gasteiger partial charge >= 0.3 is 0 Å². The fourth-order valence-electron chi connectivity index (χ4n) is 2.29. The number of thiocarbonyl (C=S) groups is 1. The van der Waals surface area contributed by atoms with Crippen molar-refractivity contribution in [3.05, 3.63) is 65.0 Å². The number of anilines is 1. The van der Waals surface area contributed by atoms with Gasteiger partial charge in [-0.2, -0.15) is 0 Å². The molecule has 110 valence electrons. The molecule has 0 aromatic heterocycles. The molecule has 0 aliphatic carbocycles. The van der Waals surface area contributed by atoms with Gasteiger partial charge < -0.3 is 10.6 Å². The summed E-state index contributed by atoms with van der Waals surface area (Å²) in [5, 5.41) is 6.82. The van der Waals surface area contributed by atoms with Crippen molar-refractivity contribution in [3.8, 4) is 0 Å². The minimum atomic E-state index is -0.261. The Bertz CT molecular complexity index is 638. The van der Waals surface area contributed by atoms with E-state index in [4.69, 9.17) is 12.2 Å². The zero-order chi connectivity index (χ0) is 15.4. The van der Waals surface area contributed by atoms with Crippen molar-refractivity contribution in [2.75, 3.05) is 5.32 Å². The predicted molar refractivity (Wildman–Crippen MR) is 90.1 cm³/mol. The molecule has 2 aromatic rings. The Morgan fingerprint density at radius 1 is 1.10 bits per heavy atom. The van der Waals surface area contributed by atoms with Crippen LogP contribution in [0.3, 0.4) is 0 Å². The minimum Gasteiger partial charge on any atom is -0.356 e. The zero-order valence-corrected chi connectivity index (χ0v) is 13.2. The Morgan fingerprint density at radius 3 is 2.38 bits per heavy atom. The molecule has 0 bridgehead atoms. The van der Waals surface area contributed by atoms with E-state index in [0.29, 0.717) is 5.11 Å². The van der Waals surface area contributed by atoms with E-state index >= 15 is 0 Å². The third-order valence-electron chi connectivity index (χ3n) is 3.34. The SMILES string of the molecule is Cc1ccc(C(C)NC(=S)Nc2ccc(F)cc2)c(C)c1. The zero-order valence-electron chi connectivity index (χ0n) is 12.4. The fourth-order valence-corrected chi connectivity index (χ4v) is 2.58. The second-order valence-corrected chi connectivity index (χ2v) is 5.60. The van der Waals surface area contributed by atoms with Crippen molar-refractivity contribution >= 4 is 23.0 Å². The summed E-state index contributed by atoms with van der Waals surface area (Å²) in [5.41, 5.74) is 4.46. The van der Waals surface area contributed by atoms with Crippen LogP contribution in [0.2, 0.25) is 0 Å². The van der Waals surface area contributed by atoms with Gasteiger partial charge in [-0.15, -0.1) is 0 Å². The second-order valence-electron chi connectivity index (χ2n) is 5.19. The van der Waals surface area contributed by atoms with Crippen molar-refractivity contribution < 1.29 is 4.39 Å². The normalized spacial score (nSPS) is 11.8. The van der Waals surface area contributed by atoms with E-state index < -0.39 is 0 Å². The van der Waals surface area contributed by atoms with Gasteiger partial charge in [-0.05, 0) is 68.4 Å². The molecule has 0 heterocycles. The molecule has 0 amide bonds. The Kier molecular flexibility index (Phi) is 4.91. The van der Waals surface area contributed by atoms with E-state index in [1.54, 1.807) is 12.1 Å². The number of hydrogen-bond donors (Lipinski definition) is 2. The van der Waals surface area contributed by atoms with E-state index in [9.17, 15) is 4.39 Å². The Labute approximate surface area is 130 Å². The highest BCUT2D eigenvalue weighted by Gasteiger charge is 2.09. The maximum Gasteiger partial charge on any atom is 0.171 e. The number of halogens is 1. The lowest BCUT2D eigenvalue weighted by Crippen LogP contribution is -2.31. The molecule has 0 spiro atoms. The number of rotatable bonds is 3. The molecular weight excluding hydrogens is 283 g/mol. The van der Waals surface area contributed by atoms with Crippen LogP contribution in [0.1, 0.15) is 29.7 Å². The molecule has 0 saturated carbocycles. The summed E-state index contributed by atoms with van der Waals surface area (Å²) in [7, 11) is 0. The Morgan fingerprint density at radius 2 is 1.76 bits per heavy atom. The lowest BCUT2D eigenvalue weighted by molar-refractivity contribution is 0.628. The van der Waals surface area contributed by atoms with Gasteiger partial charge in [-0.1, -0.05) is 23.8 Å². The molecule has 1 atom stereocenters. The summed E-state index contributed by atoms with van der Waals surface area (Å²) in [6.07, 6.45) is 0. The summed E-state index contributed by atoms with van der Waals surface area (Å²) in [6.45, 7) is 6.24. The van der Waals surface area contributed by atoms with Gasteiger partial charge in [0.1, 0.15) is 5.82 Å². The summed E-state index contributed by atoms with van der Waals surface area (Å²) >= 11 is 5.30. The monoisotopic (exact) mass is 302 g/mol. The first kappa shape index (κ1) is 15.4. The van der Waals surface area contributed by atoms with E-state index in [0.717, 1.165) is 5.69 Å². The maximum atomic E-state index is 12.9. The molecule has 1 unspecified atom stereocenters. The predicted octanol–water partition coefficient (Wildman–Crippen LogP) is 4.49. The van der Waals surface area contributed by atoms with Crippen LogP contribution in [0.15, 0.2) is 42.5 Å². The molecule has 0 aliphatic rings. The first-order valence-corrected chi connectivity index (χ1v) is 7.27. The molecular formula is C17H19FN2S. The highest BCUT2D eigenvalue weighted by Crippen LogP contribution is 2.19. The van der Waals surface area contributed by atoms with Crippen LogP contribution < -0.4 is 10.6 Å². The molecule has 0 aliphatic heterocycles. The van der Waals surface area contributed by atoms with Crippen LogP contribution >= 0.6 is 12.2 Å². The molecule has 2 rings (SSSR count). The van der Waals surface area contributed by atoms with Gasteiger partial charge in [-0.3, -0.25) is 0 Å². The number of nitrogens with one attached hydrogen (secondary N) is 2. The number of aryl methyl sites for hydroxylation is 2. The summed E-state index contributed by atoms with van der Waals surface area (Å²) in [4.78, 5) is 0. The Hall–Kier alpha value is -1.94. The van der Waals surface area contributed by atoms with Gasteiger partial charge in [0.25, 0.3) is 0 Å². The summed E-state index contributed by atoms with van der Waals surface area (Å²) < 4.78 is 12.9. The van der Waals surface area contributed by atoms with Crippen LogP contribution in [0, 0.1) is 19.7 Å². The Balaban J connectivity index is 2.00. The van der Waals surface area contributed by atoms with Crippen LogP contribution in [-0.2, 0) is 0 Å². The van der Waals surface area contributed by atoms with Gasteiger partial charge in [0.15, 0.2) is 5.11 Å². The summed E-state index contributed by atoms with van der Waals surface area (Å²) in [6, 6.07) is 12.6. The van der Waals surface area contributed by atoms with Crippen LogP contribution in [0.25, 0.3) is 0 Å². The van der Waals surface area contributed by atoms with E-state index in [1.807, 2.05) is 0 Å². The maximum absolute atomic E-state index is 12.9. The molecule has 21 heavy (non-hydrogen) atoms. The van der Waals surface area contributed by atoms with Gasteiger partial charge in [0, 0.05) is 5.69 Å². The molecule has 4 heteroatoms. The van der Waals surface area contributed by atoms with Crippen molar-refractivity contribution in [3.63, 3.8) is 0 Å². The first-order chi connectivity index (χ1) is 9.95. The van der Waals surface area contributed by atoms with E-state index in [-0.39, 0.29) is 11.9 Å². The van der Waals surface area contributed by atoms with E-state index in [1.165, 1.54) is 28.8 Å². The van der Waals surface area contributed by atoms with Gasteiger partial charge in [0.2, 0.25) is 0 Å². The molecule has 0 fully saturated rings. The number of benzene rings is 2. The van der Waals surface area contributed by atoms with Crippen LogP contribution in [0.5, 0.6) is 0 Å². The topological polar surface area (TPSA) is 24.1 Å². The highest BCUT2D eigenvalue weighted by atomic mass is 32.1. The largest absolute Gasteiger partial charge is 0.356 e. The number of hydrogen-bond acceptors (Lipinski definition) is 1. The van der Waals surface area contributed by atoms with E-state index in [2.05, 4.69) is 49.6 Å².